The molecule has 1 fully saturated rings. The summed E-state index contributed by atoms with van der Waals surface area (Å²) in [6.07, 6.45) is 16.6. The molecule has 3 aromatic carbocycles. The van der Waals surface area contributed by atoms with Crippen LogP contribution < -0.4 is 4.90 Å². The Morgan fingerprint density at radius 2 is 1.43 bits per heavy atom. The van der Waals surface area contributed by atoms with Crippen LogP contribution in [0.2, 0.25) is 0 Å². The zero-order valence-electron chi connectivity index (χ0n) is 29.9. The average Bonchev–Trinajstić information content (AvgIpc) is 3.05. The molecule has 3 aliphatic rings. The number of hydrogen-bond donors (Lipinski definition) is 0. The summed E-state index contributed by atoms with van der Waals surface area (Å²) in [5.41, 5.74) is 12.3. The van der Waals surface area contributed by atoms with Crippen LogP contribution in [0.15, 0.2) is 126 Å². The molecule has 47 heavy (non-hydrogen) atoms. The Kier molecular flexibility index (Phi) is 9.36. The van der Waals surface area contributed by atoms with Crippen molar-refractivity contribution in [3.05, 3.63) is 149 Å². The highest BCUT2D eigenvalue weighted by atomic mass is 15.2. The monoisotopic (exact) mass is 622 g/mol. The van der Waals surface area contributed by atoms with Gasteiger partial charge in [-0.15, -0.1) is 0 Å². The van der Waals surface area contributed by atoms with Crippen LogP contribution in [0.1, 0.15) is 96.4 Å². The maximum Gasteiger partial charge on any atom is 0.0505 e. The minimum absolute atomic E-state index is 0.161. The van der Waals surface area contributed by atoms with Crippen molar-refractivity contribution in [1.29, 1.82) is 0 Å². The molecule has 0 spiro atoms. The van der Waals surface area contributed by atoms with Gasteiger partial charge in [-0.05, 0) is 123 Å². The molecule has 0 N–H and O–H groups in total. The molecule has 2 nitrogen and oxygen atoms in total. The molecule has 244 valence electrons. The Labute approximate surface area is 284 Å². The van der Waals surface area contributed by atoms with Crippen LogP contribution in [0.4, 0.5) is 5.69 Å². The Morgan fingerprint density at radius 1 is 0.766 bits per heavy atom. The van der Waals surface area contributed by atoms with Gasteiger partial charge in [0.1, 0.15) is 0 Å². The molecule has 3 unspecified atom stereocenters. The predicted octanol–water partition coefficient (Wildman–Crippen LogP) is 11.2. The van der Waals surface area contributed by atoms with Gasteiger partial charge in [0, 0.05) is 23.3 Å². The molecule has 6 rings (SSSR count). The minimum atomic E-state index is 0.161. The molecular weight excluding hydrogens is 569 g/mol. The summed E-state index contributed by atoms with van der Waals surface area (Å²) in [6.45, 7) is 21.0. The summed E-state index contributed by atoms with van der Waals surface area (Å²) in [6, 6.07) is 29.3. The van der Waals surface area contributed by atoms with E-state index in [-0.39, 0.29) is 11.1 Å². The van der Waals surface area contributed by atoms with Gasteiger partial charge in [0.2, 0.25) is 0 Å². The lowest BCUT2D eigenvalue weighted by molar-refractivity contribution is 0.0587. The van der Waals surface area contributed by atoms with Gasteiger partial charge in [-0.2, -0.15) is 0 Å². The van der Waals surface area contributed by atoms with Crippen LogP contribution in [-0.2, 0) is 0 Å². The molecule has 3 aromatic rings. The number of likely N-dealkylation sites (N-methyl/N-ethyl adjacent to an activating group) is 1. The Hall–Kier alpha value is -3.88. The number of allylic oxidation sites excluding steroid dienone is 7. The van der Waals surface area contributed by atoms with Crippen molar-refractivity contribution >= 4 is 16.8 Å². The lowest BCUT2D eigenvalue weighted by atomic mass is 9.74. The fourth-order valence-electron chi connectivity index (χ4n) is 8.94. The van der Waals surface area contributed by atoms with Crippen molar-refractivity contribution in [2.24, 2.45) is 5.92 Å². The largest absolute Gasteiger partial charge is 0.366 e. The lowest BCUT2D eigenvalue weighted by Crippen LogP contribution is -2.55. The molecule has 0 bridgehead atoms. The van der Waals surface area contributed by atoms with Crippen molar-refractivity contribution in [3.63, 3.8) is 0 Å². The van der Waals surface area contributed by atoms with Gasteiger partial charge in [0.15, 0.2) is 0 Å². The smallest absolute Gasteiger partial charge is 0.0505 e. The van der Waals surface area contributed by atoms with Crippen molar-refractivity contribution < 1.29 is 0 Å². The second-order valence-electron chi connectivity index (χ2n) is 15.1. The fourth-order valence-corrected chi connectivity index (χ4v) is 8.94. The van der Waals surface area contributed by atoms with Gasteiger partial charge in [0.25, 0.3) is 0 Å². The van der Waals surface area contributed by atoms with Gasteiger partial charge >= 0.3 is 0 Å². The third kappa shape index (κ3) is 6.50. The number of piperidine rings is 1. The number of nitrogens with zero attached hydrogens (tertiary/aromatic N) is 2. The summed E-state index contributed by atoms with van der Waals surface area (Å²) < 4.78 is 0. The zero-order chi connectivity index (χ0) is 33.3. The Morgan fingerprint density at radius 3 is 2.09 bits per heavy atom. The summed E-state index contributed by atoms with van der Waals surface area (Å²) in [7, 11) is 0. The normalized spacial score (nSPS) is 24.9. The maximum atomic E-state index is 2.67. The molecule has 0 radical (unpaired) electrons. The Balaban J connectivity index is 1.43. The summed E-state index contributed by atoms with van der Waals surface area (Å²) in [5.74, 6) is 1.06. The van der Waals surface area contributed by atoms with Crippen molar-refractivity contribution in [3.8, 4) is 0 Å². The summed E-state index contributed by atoms with van der Waals surface area (Å²) in [4.78, 5) is 5.25. The standard InChI is InChI=1S/C45H54N2/c1-9-46-42-26-24-36(28-40(42)32(3)30-44(46,5)6)38(34-18-13-11-14-19-34)22-17-23-39(35-20-15-12-16-21-35)37-25-27-43-41(29-37)33(4)31-45(7,8)47(43)10-2/h11-29,32-33,42H,9-10,30-31H2,1-8H3/b22-17+,38-36+,39-23+. The van der Waals surface area contributed by atoms with Crippen molar-refractivity contribution in [2.45, 2.75) is 91.3 Å². The van der Waals surface area contributed by atoms with E-state index in [9.17, 15) is 0 Å². The first kappa shape index (κ1) is 33.0. The number of hydrogen-bond acceptors (Lipinski definition) is 2. The van der Waals surface area contributed by atoms with Crippen LogP contribution in [-0.4, -0.2) is 35.1 Å². The minimum Gasteiger partial charge on any atom is -0.366 e. The van der Waals surface area contributed by atoms with Crippen LogP contribution in [0.3, 0.4) is 0 Å². The van der Waals surface area contributed by atoms with Gasteiger partial charge in [0.05, 0.1) is 6.04 Å². The second kappa shape index (κ2) is 13.3. The van der Waals surface area contributed by atoms with E-state index in [2.05, 4.69) is 181 Å². The average molecular weight is 623 g/mol. The summed E-state index contributed by atoms with van der Waals surface area (Å²) >= 11 is 0. The van der Waals surface area contributed by atoms with E-state index < -0.39 is 0 Å². The number of anilines is 1. The highest BCUT2D eigenvalue weighted by Crippen LogP contribution is 2.45. The van der Waals surface area contributed by atoms with E-state index in [4.69, 9.17) is 0 Å². The first-order chi connectivity index (χ1) is 22.5. The predicted molar refractivity (Wildman–Crippen MR) is 204 cm³/mol. The molecule has 3 atom stereocenters. The van der Waals surface area contributed by atoms with Crippen molar-refractivity contribution in [2.75, 3.05) is 18.0 Å². The topological polar surface area (TPSA) is 6.48 Å². The van der Waals surface area contributed by atoms with Crippen molar-refractivity contribution in [1.82, 2.24) is 4.90 Å². The van der Waals surface area contributed by atoms with Gasteiger partial charge in [-0.3, -0.25) is 4.90 Å². The SMILES string of the molecule is CCN1c2ccc(/C(=C/C=C/C(=C3/C=CC4C(=C3)C(C)CC(C)(C)N4CC)c3ccccc3)c3ccccc3)cc2C(C)CC1(C)C. The van der Waals surface area contributed by atoms with E-state index in [0.717, 1.165) is 19.5 Å². The zero-order valence-corrected chi connectivity index (χ0v) is 29.9. The number of benzene rings is 3. The first-order valence-corrected chi connectivity index (χ1v) is 17.9. The molecule has 0 saturated carbocycles. The van der Waals surface area contributed by atoms with Crippen LogP contribution >= 0.6 is 0 Å². The third-order valence-electron chi connectivity index (χ3n) is 11.0. The van der Waals surface area contributed by atoms with E-state index in [1.54, 1.807) is 5.57 Å². The van der Waals surface area contributed by atoms with E-state index in [1.807, 2.05) is 0 Å². The Bertz CT molecular complexity index is 1730. The highest BCUT2D eigenvalue weighted by Gasteiger charge is 2.41. The van der Waals surface area contributed by atoms with Crippen LogP contribution in [0.25, 0.3) is 11.1 Å². The molecule has 2 heteroatoms. The molecule has 0 amide bonds. The van der Waals surface area contributed by atoms with Gasteiger partial charge < -0.3 is 4.90 Å². The van der Waals surface area contributed by atoms with E-state index in [0.29, 0.717) is 17.9 Å². The second-order valence-corrected chi connectivity index (χ2v) is 15.1. The molecule has 1 aliphatic carbocycles. The van der Waals surface area contributed by atoms with Gasteiger partial charge in [-0.25, -0.2) is 0 Å². The molecule has 2 aliphatic heterocycles. The summed E-state index contributed by atoms with van der Waals surface area (Å²) in [5, 5.41) is 0. The van der Waals surface area contributed by atoms with Crippen LogP contribution in [0.5, 0.6) is 0 Å². The fraction of sp³-hybridized carbons (Fsp3) is 0.378. The quantitative estimate of drug-likeness (QED) is 0.242. The maximum absolute atomic E-state index is 2.67. The molecular formula is C45H54N2. The van der Waals surface area contributed by atoms with E-state index >= 15 is 0 Å². The number of rotatable bonds is 7. The molecule has 1 saturated heterocycles. The number of fused-ring (bicyclic) bond motifs is 2. The first-order valence-electron chi connectivity index (χ1n) is 17.9. The van der Waals surface area contributed by atoms with Gasteiger partial charge in [-0.1, -0.05) is 124 Å². The molecule has 2 heterocycles. The van der Waals surface area contributed by atoms with Crippen LogP contribution in [0, 0.1) is 5.92 Å². The molecule has 0 aromatic heterocycles. The van der Waals surface area contributed by atoms with E-state index in [1.165, 1.54) is 51.1 Å². The highest BCUT2D eigenvalue weighted by molar-refractivity contribution is 5.85. The lowest BCUT2D eigenvalue weighted by Gasteiger charge is -2.51. The number of likely N-dealkylation sites (tertiary alicyclic amines) is 1. The third-order valence-corrected chi connectivity index (χ3v) is 11.0.